The normalized spacial score (nSPS) is 10.7. The van der Waals surface area contributed by atoms with Crippen molar-refractivity contribution in [2.24, 2.45) is 0 Å². The summed E-state index contributed by atoms with van der Waals surface area (Å²) in [6, 6.07) is 2.99. The van der Waals surface area contributed by atoms with Gasteiger partial charge in [0.25, 0.3) is 0 Å². The molecule has 2 heterocycles. The number of aryl methyl sites for hydroxylation is 1. The van der Waals surface area contributed by atoms with E-state index in [1.54, 1.807) is 23.6 Å². The molecule has 11 heavy (non-hydrogen) atoms. The van der Waals surface area contributed by atoms with Gasteiger partial charge in [0.2, 0.25) is 0 Å². The molecular formula is C7H6FN3. The highest BCUT2D eigenvalue weighted by molar-refractivity contribution is 5.38. The molecule has 2 aromatic rings. The lowest BCUT2D eigenvalue weighted by molar-refractivity contribution is 0.629. The number of fused-ring (bicyclic) bond motifs is 1. The quantitative estimate of drug-likeness (QED) is 0.565. The summed E-state index contributed by atoms with van der Waals surface area (Å²) in [6.45, 7) is 1.78. The van der Waals surface area contributed by atoms with Crippen LogP contribution in [0.2, 0.25) is 0 Å². The summed E-state index contributed by atoms with van der Waals surface area (Å²) in [6.07, 6.45) is 1.73. The first kappa shape index (κ1) is 6.27. The molecule has 2 rings (SSSR count). The SMILES string of the molecule is Cc1nnc2c(F)cccn12. The van der Waals surface area contributed by atoms with Crippen molar-refractivity contribution in [1.82, 2.24) is 14.6 Å². The van der Waals surface area contributed by atoms with E-state index in [1.807, 2.05) is 0 Å². The monoisotopic (exact) mass is 151 g/mol. The third-order valence-electron chi connectivity index (χ3n) is 1.56. The number of halogens is 1. The van der Waals surface area contributed by atoms with Crippen molar-refractivity contribution in [3.8, 4) is 0 Å². The van der Waals surface area contributed by atoms with Gasteiger partial charge in [-0.15, -0.1) is 10.2 Å². The Labute approximate surface area is 62.5 Å². The molecule has 0 bridgehead atoms. The van der Waals surface area contributed by atoms with Crippen molar-refractivity contribution < 1.29 is 4.39 Å². The maximum atomic E-state index is 12.9. The number of hydrogen-bond donors (Lipinski definition) is 0. The van der Waals surface area contributed by atoms with Crippen LogP contribution in [0.25, 0.3) is 5.65 Å². The van der Waals surface area contributed by atoms with Gasteiger partial charge in [-0.3, -0.25) is 4.40 Å². The minimum Gasteiger partial charge on any atom is -0.284 e. The van der Waals surface area contributed by atoms with Crippen LogP contribution >= 0.6 is 0 Å². The number of pyridine rings is 1. The average molecular weight is 151 g/mol. The Kier molecular flexibility index (Phi) is 1.15. The third-order valence-corrected chi connectivity index (χ3v) is 1.56. The zero-order chi connectivity index (χ0) is 7.84. The molecule has 0 aliphatic heterocycles. The molecule has 0 spiro atoms. The number of rotatable bonds is 0. The van der Waals surface area contributed by atoms with Gasteiger partial charge < -0.3 is 0 Å². The fourth-order valence-electron chi connectivity index (χ4n) is 0.999. The van der Waals surface area contributed by atoms with Crippen LogP contribution in [0.1, 0.15) is 5.82 Å². The second-order valence-corrected chi connectivity index (χ2v) is 2.30. The molecule has 0 aromatic carbocycles. The third kappa shape index (κ3) is 0.790. The summed E-state index contributed by atoms with van der Waals surface area (Å²) < 4.78 is 14.5. The van der Waals surface area contributed by atoms with Gasteiger partial charge >= 0.3 is 0 Å². The van der Waals surface area contributed by atoms with E-state index in [4.69, 9.17) is 0 Å². The van der Waals surface area contributed by atoms with Crippen LogP contribution in [0.15, 0.2) is 18.3 Å². The van der Waals surface area contributed by atoms with Crippen LogP contribution in [-0.4, -0.2) is 14.6 Å². The Balaban J connectivity index is 2.94. The predicted octanol–water partition coefficient (Wildman–Crippen LogP) is 1.18. The van der Waals surface area contributed by atoms with E-state index in [9.17, 15) is 4.39 Å². The van der Waals surface area contributed by atoms with E-state index in [-0.39, 0.29) is 11.5 Å². The molecule has 0 aliphatic rings. The van der Waals surface area contributed by atoms with E-state index < -0.39 is 0 Å². The Hall–Kier alpha value is -1.45. The fraction of sp³-hybridized carbons (Fsp3) is 0.143. The minimum atomic E-state index is -0.340. The Morgan fingerprint density at radius 1 is 1.45 bits per heavy atom. The highest BCUT2D eigenvalue weighted by Crippen LogP contribution is 2.06. The first-order chi connectivity index (χ1) is 5.29. The zero-order valence-electron chi connectivity index (χ0n) is 5.95. The van der Waals surface area contributed by atoms with Crippen LogP contribution in [0.4, 0.5) is 4.39 Å². The lowest BCUT2D eigenvalue weighted by atomic mass is 10.4. The van der Waals surface area contributed by atoms with E-state index in [0.717, 1.165) is 0 Å². The van der Waals surface area contributed by atoms with E-state index in [0.29, 0.717) is 5.82 Å². The summed E-state index contributed by atoms with van der Waals surface area (Å²) in [5, 5.41) is 7.39. The van der Waals surface area contributed by atoms with Gasteiger partial charge in [-0.25, -0.2) is 4.39 Å². The molecule has 0 radical (unpaired) electrons. The first-order valence-corrected chi connectivity index (χ1v) is 3.25. The maximum absolute atomic E-state index is 12.9. The van der Waals surface area contributed by atoms with Crippen LogP contribution in [0.3, 0.4) is 0 Å². The molecule has 2 aromatic heterocycles. The van der Waals surface area contributed by atoms with Gasteiger partial charge in [-0.2, -0.15) is 0 Å². The van der Waals surface area contributed by atoms with E-state index in [1.165, 1.54) is 6.07 Å². The van der Waals surface area contributed by atoms with E-state index >= 15 is 0 Å². The average Bonchev–Trinajstić information content (AvgIpc) is 2.35. The molecule has 0 aliphatic carbocycles. The number of nitrogens with zero attached hydrogens (tertiary/aromatic N) is 3. The topological polar surface area (TPSA) is 30.2 Å². The first-order valence-electron chi connectivity index (χ1n) is 3.25. The Morgan fingerprint density at radius 2 is 2.27 bits per heavy atom. The lowest BCUT2D eigenvalue weighted by Gasteiger charge is -1.92. The second-order valence-electron chi connectivity index (χ2n) is 2.30. The Morgan fingerprint density at radius 3 is 3.00 bits per heavy atom. The predicted molar refractivity (Wildman–Crippen MR) is 37.7 cm³/mol. The summed E-state index contributed by atoms with van der Waals surface area (Å²) >= 11 is 0. The van der Waals surface area contributed by atoms with Gasteiger partial charge in [0.05, 0.1) is 0 Å². The van der Waals surface area contributed by atoms with Crippen LogP contribution in [-0.2, 0) is 0 Å². The van der Waals surface area contributed by atoms with Crippen molar-refractivity contribution in [3.63, 3.8) is 0 Å². The smallest absolute Gasteiger partial charge is 0.196 e. The Bertz CT molecular complexity index is 393. The van der Waals surface area contributed by atoms with Crippen molar-refractivity contribution in [2.75, 3.05) is 0 Å². The molecule has 0 N–H and O–H groups in total. The molecule has 0 saturated heterocycles. The molecule has 3 nitrogen and oxygen atoms in total. The van der Waals surface area contributed by atoms with Crippen molar-refractivity contribution in [3.05, 3.63) is 30.0 Å². The van der Waals surface area contributed by atoms with Crippen molar-refractivity contribution >= 4 is 5.65 Å². The van der Waals surface area contributed by atoms with Crippen LogP contribution in [0.5, 0.6) is 0 Å². The van der Waals surface area contributed by atoms with Gasteiger partial charge in [0.1, 0.15) is 5.82 Å². The number of aromatic nitrogens is 3. The molecule has 4 heteroatoms. The standard InChI is InChI=1S/C7H6FN3/c1-5-9-10-7-6(8)3-2-4-11(5)7/h2-4H,1H3. The molecule has 0 fully saturated rings. The van der Waals surface area contributed by atoms with Gasteiger partial charge in [0, 0.05) is 6.20 Å². The van der Waals surface area contributed by atoms with Gasteiger partial charge in [-0.05, 0) is 19.1 Å². The maximum Gasteiger partial charge on any atom is 0.196 e. The lowest BCUT2D eigenvalue weighted by Crippen LogP contribution is -1.88. The summed E-state index contributed by atoms with van der Waals surface area (Å²) in [7, 11) is 0. The largest absolute Gasteiger partial charge is 0.284 e. The highest BCUT2D eigenvalue weighted by Gasteiger charge is 2.03. The second kappa shape index (κ2) is 2.02. The van der Waals surface area contributed by atoms with Crippen LogP contribution < -0.4 is 0 Å². The fourth-order valence-corrected chi connectivity index (χ4v) is 0.999. The summed E-state index contributed by atoms with van der Waals surface area (Å²) in [5.41, 5.74) is 0.282. The highest BCUT2D eigenvalue weighted by atomic mass is 19.1. The minimum absolute atomic E-state index is 0.282. The van der Waals surface area contributed by atoms with Crippen molar-refractivity contribution in [1.29, 1.82) is 0 Å². The molecular weight excluding hydrogens is 145 g/mol. The van der Waals surface area contributed by atoms with Gasteiger partial charge in [0.15, 0.2) is 11.5 Å². The molecule has 0 amide bonds. The van der Waals surface area contributed by atoms with Crippen molar-refractivity contribution in [2.45, 2.75) is 6.92 Å². The van der Waals surface area contributed by atoms with E-state index in [2.05, 4.69) is 10.2 Å². The summed E-state index contributed by atoms with van der Waals surface area (Å²) in [5.74, 6) is 0.354. The van der Waals surface area contributed by atoms with Crippen LogP contribution in [0, 0.1) is 12.7 Å². The molecule has 0 unspecified atom stereocenters. The van der Waals surface area contributed by atoms with Gasteiger partial charge in [-0.1, -0.05) is 0 Å². The summed E-state index contributed by atoms with van der Waals surface area (Å²) in [4.78, 5) is 0. The zero-order valence-corrected chi connectivity index (χ0v) is 5.95. The molecule has 0 saturated carbocycles. The number of hydrogen-bond acceptors (Lipinski definition) is 2. The molecule has 56 valence electrons. The molecule has 0 atom stereocenters.